The molecule has 0 radical (unpaired) electrons. The average molecular weight is 491 g/mol. The van der Waals surface area contributed by atoms with E-state index in [1.54, 1.807) is 34.1 Å². The monoisotopic (exact) mass is 490 g/mol. The van der Waals surface area contributed by atoms with Crippen molar-refractivity contribution in [2.75, 3.05) is 38.0 Å². The summed E-state index contributed by atoms with van der Waals surface area (Å²) in [6.45, 7) is 3.21. The molecule has 2 aromatic rings. The van der Waals surface area contributed by atoms with E-state index in [0.29, 0.717) is 43.3 Å². The van der Waals surface area contributed by atoms with Crippen molar-refractivity contribution in [3.8, 4) is 0 Å². The van der Waals surface area contributed by atoms with E-state index in [9.17, 15) is 18.0 Å². The number of amides is 3. The first-order chi connectivity index (χ1) is 15.7. The highest BCUT2D eigenvalue weighted by Gasteiger charge is 2.22. The summed E-state index contributed by atoms with van der Waals surface area (Å²) in [5, 5.41) is 4.38. The van der Waals surface area contributed by atoms with Crippen LogP contribution in [0, 0.1) is 6.92 Å². The van der Waals surface area contributed by atoms with Gasteiger partial charge in [0.25, 0.3) is 0 Å². The number of aryl methyl sites for hydroxylation is 1. The molecule has 0 aliphatic carbocycles. The van der Waals surface area contributed by atoms with E-state index < -0.39 is 10.0 Å². The first kappa shape index (κ1) is 24.8. The normalized spacial score (nSPS) is 14.8. The number of benzene rings is 2. The molecule has 0 saturated carbocycles. The van der Waals surface area contributed by atoms with Crippen molar-refractivity contribution in [1.82, 2.24) is 14.5 Å². The molecule has 1 fully saturated rings. The average Bonchev–Trinajstić information content (AvgIpc) is 3.04. The van der Waals surface area contributed by atoms with Crippen LogP contribution in [0.15, 0.2) is 53.9 Å². The first-order valence-corrected chi connectivity index (χ1v) is 12.5. The highest BCUT2D eigenvalue weighted by molar-refractivity contribution is 7.92. The van der Waals surface area contributed by atoms with E-state index >= 15 is 0 Å². The number of carbonyl (C=O) groups excluding carboxylic acids is 2. The van der Waals surface area contributed by atoms with Crippen molar-refractivity contribution in [2.45, 2.75) is 13.3 Å². The Balaban J connectivity index is 1.48. The Morgan fingerprint density at radius 2 is 1.73 bits per heavy atom. The number of halogens is 1. The van der Waals surface area contributed by atoms with Crippen molar-refractivity contribution in [3.63, 3.8) is 0 Å². The maximum absolute atomic E-state index is 12.6. The Morgan fingerprint density at radius 3 is 2.45 bits per heavy atom. The Morgan fingerprint density at radius 1 is 1.03 bits per heavy atom. The van der Waals surface area contributed by atoms with Crippen LogP contribution in [0.1, 0.15) is 17.5 Å². The fourth-order valence-corrected chi connectivity index (χ4v) is 4.25. The predicted molar refractivity (Wildman–Crippen MR) is 130 cm³/mol. The van der Waals surface area contributed by atoms with Crippen LogP contribution < -0.4 is 10.0 Å². The topological polar surface area (TPSA) is 98.8 Å². The van der Waals surface area contributed by atoms with Crippen molar-refractivity contribution in [1.29, 1.82) is 0 Å². The summed E-state index contributed by atoms with van der Waals surface area (Å²) in [6, 6.07) is 14.0. The highest BCUT2D eigenvalue weighted by atomic mass is 35.5. The molecule has 1 aliphatic rings. The SMILES string of the molecule is Cc1ccc(/C=C/S(=O)(=O)NCC(=O)N2CCCN(C(=O)Nc3cccc(Cl)c3)CC2)cc1. The van der Waals surface area contributed by atoms with Gasteiger partial charge in [-0.15, -0.1) is 0 Å². The smallest absolute Gasteiger partial charge is 0.321 e. The second-order valence-electron chi connectivity index (χ2n) is 7.74. The van der Waals surface area contributed by atoms with Crippen molar-refractivity contribution >= 4 is 45.3 Å². The summed E-state index contributed by atoms with van der Waals surface area (Å²) in [5.74, 6) is -0.334. The van der Waals surface area contributed by atoms with Gasteiger partial charge in [-0.25, -0.2) is 17.9 Å². The van der Waals surface area contributed by atoms with Crippen LogP contribution in [0.5, 0.6) is 0 Å². The number of rotatable bonds is 6. The molecule has 2 N–H and O–H groups in total. The molecule has 0 aromatic heterocycles. The van der Waals surface area contributed by atoms with Crippen LogP contribution >= 0.6 is 11.6 Å². The molecule has 3 rings (SSSR count). The van der Waals surface area contributed by atoms with E-state index in [1.165, 1.54) is 6.08 Å². The van der Waals surface area contributed by atoms with Crippen molar-refractivity contribution in [2.24, 2.45) is 0 Å². The third kappa shape index (κ3) is 7.88. The summed E-state index contributed by atoms with van der Waals surface area (Å²) >= 11 is 5.95. The molecule has 1 heterocycles. The van der Waals surface area contributed by atoms with Gasteiger partial charge in [0.05, 0.1) is 6.54 Å². The Labute approximate surface area is 199 Å². The number of carbonyl (C=O) groups is 2. The highest BCUT2D eigenvalue weighted by Crippen LogP contribution is 2.16. The molecule has 0 bridgehead atoms. The maximum Gasteiger partial charge on any atom is 0.321 e. The summed E-state index contributed by atoms with van der Waals surface area (Å²) < 4.78 is 26.8. The Kier molecular flexibility index (Phi) is 8.49. The van der Waals surface area contributed by atoms with Gasteiger partial charge < -0.3 is 15.1 Å². The van der Waals surface area contributed by atoms with Gasteiger partial charge >= 0.3 is 6.03 Å². The molecule has 0 unspecified atom stereocenters. The van der Waals surface area contributed by atoms with Gasteiger partial charge in [0.15, 0.2) is 0 Å². The van der Waals surface area contributed by atoms with Crippen LogP contribution in [0.3, 0.4) is 0 Å². The fraction of sp³-hybridized carbons (Fsp3) is 0.304. The minimum atomic E-state index is -3.76. The number of hydrogen-bond donors (Lipinski definition) is 2. The second-order valence-corrected chi connectivity index (χ2v) is 9.83. The van der Waals surface area contributed by atoms with Crippen molar-refractivity contribution < 1.29 is 18.0 Å². The zero-order valence-corrected chi connectivity index (χ0v) is 19.9. The van der Waals surface area contributed by atoms with Crippen molar-refractivity contribution in [3.05, 3.63) is 70.1 Å². The lowest BCUT2D eigenvalue weighted by atomic mass is 10.2. The third-order valence-electron chi connectivity index (χ3n) is 5.15. The van der Waals surface area contributed by atoms with Crippen LogP contribution in [0.4, 0.5) is 10.5 Å². The van der Waals surface area contributed by atoms with Gasteiger partial charge in [-0.2, -0.15) is 0 Å². The first-order valence-electron chi connectivity index (χ1n) is 10.6. The predicted octanol–water partition coefficient (Wildman–Crippen LogP) is 3.30. The number of anilines is 1. The number of nitrogens with zero attached hydrogens (tertiary/aromatic N) is 2. The molecule has 176 valence electrons. The number of nitrogens with one attached hydrogen (secondary N) is 2. The van der Waals surface area contributed by atoms with Gasteiger partial charge in [0.1, 0.15) is 0 Å². The summed E-state index contributed by atoms with van der Waals surface area (Å²) in [6.07, 6.45) is 2.07. The lowest BCUT2D eigenvalue weighted by Crippen LogP contribution is -2.42. The quantitative estimate of drug-likeness (QED) is 0.649. The van der Waals surface area contributed by atoms with E-state index in [1.807, 2.05) is 31.2 Å². The lowest BCUT2D eigenvalue weighted by molar-refractivity contribution is -0.129. The van der Waals surface area contributed by atoms with E-state index in [2.05, 4.69) is 10.0 Å². The molecule has 0 spiro atoms. The minimum Gasteiger partial charge on any atom is -0.340 e. The summed E-state index contributed by atoms with van der Waals surface area (Å²) in [7, 11) is -3.76. The Hall–Kier alpha value is -2.88. The van der Waals surface area contributed by atoms with E-state index in [-0.39, 0.29) is 18.5 Å². The van der Waals surface area contributed by atoms with Crippen LogP contribution in [-0.2, 0) is 14.8 Å². The minimum absolute atomic E-state index is 0.270. The second kappa shape index (κ2) is 11.3. The third-order valence-corrected chi connectivity index (χ3v) is 6.43. The number of urea groups is 1. The van der Waals surface area contributed by atoms with Crippen LogP contribution in [0.25, 0.3) is 6.08 Å². The van der Waals surface area contributed by atoms with Gasteiger partial charge in [0.2, 0.25) is 15.9 Å². The molecule has 2 aromatic carbocycles. The van der Waals surface area contributed by atoms with E-state index in [0.717, 1.165) is 16.5 Å². The van der Waals surface area contributed by atoms with Crippen LogP contribution in [-0.4, -0.2) is 62.9 Å². The van der Waals surface area contributed by atoms with Gasteiger partial charge in [-0.3, -0.25) is 4.79 Å². The fourth-order valence-electron chi connectivity index (χ4n) is 3.31. The molecule has 8 nitrogen and oxygen atoms in total. The zero-order chi connectivity index (χ0) is 23.8. The maximum atomic E-state index is 12.6. The van der Waals surface area contributed by atoms with E-state index in [4.69, 9.17) is 11.6 Å². The van der Waals surface area contributed by atoms with Gasteiger partial charge in [-0.1, -0.05) is 47.5 Å². The molecular formula is C23H27ClN4O4S. The van der Waals surface area contributed by atoms with Gasteiger partial charge in [-0.05, 0) is 43.2 Å². The standard InChI is InChI=1S/C23H27ClN4O4S/c1-18-6-8-19(9-7-18)10-15-33(31,32)25-17-22(29)27-11-3-12-28(14-13-27)23(30)26-21-5-2-4-20(24)16-21/h2,4-10,15-16,25H,3,11-14,17H2,1H3,(H,26,30)/b15-10+. The molecule has 1 saturated heterocycles. The lowest BCUT2D eigenvalue weighted by Gasteiger charge is -2.22. The molecule has 0 atom stereocenters. The number of sulfonamides is 1. The Bertz CT molecular complexity index is 1120. The molecule has 33 heavy (non-hydrogen) atoms. The summed E-state index contributed by atoms with van der Waals surface area (Å²) in [4.78, 5) is 28.3. The zero-order valence-electron chi connectivity index (χ0n) is 18.3. The molecule has 1 aliphatic heterocycles. The summed E-state index contributed by atoms with van der Waals surface area (Å²) in [5.41, 5.74) is 2.43. The molecular weight excluding hydrogens is 464 g/mol. The van der Waals surface area contributed by atoms with Crippen LogP contribution in [0.2, 0.25) is 5.02 Å². The molecule has 3 amide bonds. The van der Waals surface area contributed by atoms with Gasteiger partial charge in [0, 0.05) is 42.3 Å². The molecule has 10 heteroatoms. The number of hydrogen-bond acceptors (Lipinski definition) is 4. The largest absolute Gasteiger partial charge is 0.340 e.